The number of hydrogen-bond acceptors (Lipinski definition) is 1. The van der Waals surface area contributed by atoms with Crippen LogP contribution in [0.2, 0.25) is 0 Å². The van der Waals surface area contributed by atoms with E-state index in [4.69, 9.17) is 0 Å². The Labute approximate surface area is 115 Å². The van der Waals surface area contributed by atoms with Gasteiger partial charge in [-0.25, -0.2) is 4.39 Å². The molecular formula is C15H15BrFN. The Hall–Kier alpha value is -1.35. The first-order chi connectivity index (χ1) is 8.59. The minimum Gasteiger partial charge on any atom is -0.381 e. The molecule has 1 N–H and O–H groups in total. The maximum Gasteiger partial charge on any atom is 0.137 e. The van der Waals surface area contributed by atoms with E-state index in [1.807, 2.05) is 18.2 Å². The molecule has 0 aromatic heterocycles. The molecule has 0 saturated heterocycles. The predicted molar refractivity (Wildman–Crippen MR) is 77.3 cm³/mol. The number of rotatable bonds is 3. The van der Waals surface area contributed by atoms with Crippen LogP contribution in [0.25, 0.3) is 0 Å². The summed E-state index contributed by atoms with van der Waals surface area (Å²) in [6.07, 6.45) is 0. The maximum atomic E-state index is 13.4. The van der Waals surface area contributed by atoms with Gasteiger partial charge in [-0.15, -0.1) is 0 Å². The van der Waals surface area contributed by atoms with Gasteiger partial charge in [0, 0.05) is 12.2 Å². The van der Waals surface area contributed by atoms with Crippen molar-refractivity contribution in [2.24, 2.45) is 0 Å². The van der Waals surface area contributed by atoms with E-state index < -0.39 is 0 Å². The van der Waals surface area contributed by atoms with Crippen molar-refractivity contribution in [3.63, 3.8) is 0 Å². The molecule has 1 nitrogen and oxygen atoms in total. The number of anilines is 1. The van der Waals surface area contributed by atoms with E-state index in [-0.39, 0.29) is 5.82 Å². The van der Waals surface area contributed by atoms with E-state index in [1.54, 1.807) is 6.07 Å². The molecule has 0 radical (unpaired) electrons. The SMILES string of the molecule is Cc1cccc(NCc2cccc(F)c2Br)c1C. The first-order valence-corrected chi connectivity index (χ1v) is 6.62. The molecule has 0 atom stereocenters. The fourth-order valence-corrected chi connectivity index (χ4v) is 2.22. The van der Waals surface area contributed by atoms with Crippen LogP contribution in [0.3, 0.4) is 0 Å². The summed E-state index contributed by atoms with van der Waals surface area (Å²) in [4.78, 5) is 0. The lowest BCUT2D eigenvalue weighted by atomic mass is 10.1. The lowest BCUT2D eigenvalue weighted by Gasteiger charge is -2.12. The van der Waals surface area contributed by atoms with Crippen LogP contribution >= 0.6 is 15.9 Å². The van der Waals surface area contributed by atoms with Crippen molar-refractivity contribution in [1.29, 1.82) is 0 Å². The normalized spacial score (nSPS) is 10.4. The smallest absolute Gasteiger partial charge is 0.137 e. The molecule has 94 valence electrons. The summed E-state index contributed by atoms with van der Waals surface area (Å²) in [6.45, 7) is 4.76. The van der Waals surface area contributed by atoms with Gasteiger partial charge in [0.2, 0.25) is 0 Å². The molecule has 0 saturated carbocycles. The van der Waals surface area contributed by atoms with Crippen LogP contribution in [-0.4, -0.2) is 0 Å². The average Bonchev–Trinajstić information content (AvgIpc) is 2.36. The summed E-state index contributed by atoms with van der Waals surface area (Å²) < 4.78 is 13.9. The molecule has 2 rings (SSSR count). The molecule has 0 bridgehead atoms. The highest BCUT2D eigenvalue weighted by Gasteiger charge is 2.06. The quantitative estimate of drug-likeness (QED) is 0.857. The third kappa shape index (κ3) is 2.72. The van der Waals surface area contributed by atoms with Gasteiger partial charge in [-0.05, 0) is 58.6 Å². The van der Waals surface area contributed by atoms with E-state index in [2.05, 4.69) is 41.2 Å². The van der Waals surface area contributed by atoms with Crippen molar-refractivity contribution in [1.82, 2.24) is 0 Å². The van der Waals surface area contributed by atoms with Crippen molar-refractivity contribution in [2.45, 2.75) is 20.4 Å². The molecular weight excluding hydrogens is 293 g/mol. The fraction of sp³-hybridized carbons (Fsp3) is 0.200. The highest BCUT2D eigenvalue weighted by molar-refractivity contribution is 9.10. The Balaban J connectivity index is 2.17. The van der Waals surface area contributed by atoms with Gasteiger partial charge in [0.1, 0.15) is 5.82 Å². The van der Waals surface area contributed by atoms with Gasteiger partial charge < -0.3 is 5.32 Å². The summed E-state index contributed by atoms with van der Waals surface area (Å²) in [6, 6.07) is 11.2. The maximum absolute atomic E-state index is 13.4. The summed E-state index contributed by atoms with van der Waals surface area (Å²) in [5.74, 6) is -0.227. The number of halogens is 2. The van der Waals surface area contributed by atoms with E-state index in [9.17, 15) is 4.39 Å². The second-order valence-corrected chi connectivity index (χ2v) is 5.11. The number of nitrogens with one attached hydrogen (secondary N) is 1. The Morgan fingerprint density at radius 2 is 1.83 bits per heavy atom. The van der Waals surface area contributed by atoms with Gasteiger partial charge in [-0.3, -0.25) is 0 Å². The molecule has 2 aromatic rings. The topological polar surface area (TPSA) is 12.0 Å². The molecule has 3 heteroatoms. The van der Waals surface area contributed by atoms with Crippen LogP contribution < -0.4 is 5.32 Å². The van der Waals surface area contributed by atoms with E-state index in [1.165, 1.54) is 17.2 Å². The van der Waals surface area contributed by atoms with Crippen molar-refractivity contribution in [3.8, 4) is 0 Å². The van der Waals surface area contributed by atoms with Crippen molar-refractivity contribution in [3.05, 3.63) is 63.4 Å². The fourth-order valence-electron chi connectivity index (χ4n) is 1.82. The van der Waals surface area contributed by atoms with Gasteiger partial charge in [-0.2, -0.15) is 0 Å². The molecule has 0 fully saturated rings. The van der Waals surface area contributed by atoms with Crippen LogP contribution in [0.4, 0.5) is 10.1 Å². The second-order valence-electron chi connectivity index (χ2n) is 4.31. The van der Waals surface area contributed by atoms with Crippen LogP contribution in [0.5, 0.6) is 0 Å². The minimum atomic E-state index is -0.227. The predicted octanol–water partition coefficient (Wildman–Crippen LogP) is 4.82. The highest BCUT2D eigenvalue weighted by Crippen LogP contribution is 2.23. The van der Waals surface area contributed by atoms with Crippen LogP contribution in [-0.2, 0) is 6.54 Å². The Kier molecular flexibility index (Phi) is 4.02. The van der Waals surface area contributed by atoms with Crippen LogP contribution in [0.1, 0.15) is 16.7 Å². The zero-order valence-electron chi connectivity index (χ0n) is 10.4. The van der Waals surface area contributed by atoms with E-state index in [0.717, 1.165) is 11.3 Å². The van der Waals surface area contributed by atoms with Gasteiger partial charge in [0.15, 0.2) is 0 Å². The van der Waals surface area contributed by atoms with Gasteiger partial charge in [0.05, 0.1) is 4.47 Å². The monoisotopic (exact) mass is 307 g/mol. The molecule has 0 amide bonds. The molecule has 0 spiro atoms. The minimum absolute atomic E-state index is 0.227. The molecule has 0 aliphatic heterocycles. The first kappa shape index (κ1) is 13.1. The van der Waals surface area contributed by atoms with Crippen molar-refractivity contribution >= 4 is 21.6 Å². The first-order valence-electron chi connectivity index (χ1n) is 5.82. The van der Waals surface area contributed by atoms with Crippen molar-refractivity contribution in [2.75, 3.05) is 5.32 Å². The largest absolute Gasteiger partial charge is 0.381 e. The standard InChI is InChI=1S/C15H15BrFN/c1-10-5-3-8-14(11(10)2)18-9-12-6-4-7-13(17)15(12)16/h3-8,18H,9H2,1-2H3. The third-order valence-electron chi connectivity index (χ3n) is 3.11. The Bertz CT molecular complexity index is 515. The van der Waals surface area contributed by atoms with Gasteiger partial charge in [-0.1, -0.05) is 24.3 Å². The Morgan fingerprint density at radius 3 is 2.61 bits per heavy atom. The van der Waals surface area contributed by atoms with Crippen molar-refractivity contribution < 1.29 is 4.39 Å². The molecule has 2 aromatic carbocycles. The Morgan fingerprint density at radius 1 is 1.11 bits per heavy atom. The lowest BCUT2D eigenvalue weighted by molar-refractivity contribution is 0.618. The lowest BCUT2D eigenvalue weighted by Crippen LogP contribution is -2.03. The molecule has 0 heterocycles. The summed E-state index contributed by atoms with van der Waals surface area (Å²) in [5, 5.41) is 3.34. The second kappa shape index (κ2) is 5.53. The van der Waals surface area contributed by atoms with Crippen LogP contribution in [0, 0.1) is 19.7 Å². The summed E-state index contributed by atoms with van der Waals surface area (Å²) in [7, 11) is 0. The molecule has 0 unspecified atom stereocenters. The van der Waals surface area contributed by atoms with Crippen LogP contribution in [0.15, 0.2) is 40.9 Å². The van der Waals surface area contributed by atoms with E-state index >= 15 is 0 Å². The molecule has 0 aliphatic rings. The third-order valence-corrected chi connectivity index (χ3v) is 3.99. The molecule has 18 heavy (non-hydrogen) atoms. The zero-order valence-corrected chi connectivity index (χ0v) is 12.0. The highest BCUT2D eigenvalue weighted by atomic mass is 79.9. The van der Waals surface area contributed by atoms with Gasteiger partial charge >= 0.3 is 0 Å². The summed E-state index contributed by atoms with van der Waals surface area (Å²) in [5.41, 5.74) is 4.48. The average molecular weight is 308 g/mol. The van der Waals surface area contributed by atoms with Gasteiger partial charge in [0.25, 0.3) is 0 Å². The number of benzene rings is 2. The van der Waals surface area contributed by atoms with E-state index in [0.29, 0.717) is 11.0 Å². The number of hydrogen-bond donors (Lipinski definition) is 1. The molecule has 0 aliphatic carbocycles. The number of aryl methyl sites for hydroxylation is 1. The zero-order chi connectivity index (χ0) is 13.1. The summed E-state index contributed by atoms with van der Waals surface area (Å²) >= 11 is 3.27.